The number of para-hydroxylation sites is 2. The molecule has 2 N–H and O–H groups in total. The van der Waals surface area contributed by atoms with Crippen LogP contribution in [0, 0.1) is 6.92 Å². The average Bonchev–Trinajstić information content (AvgIpc) is 3.36. The number of carbonyl (C=O) groups is 1. The summed E-state index contributed by atoms with van der Waals surface area (Å²) in [4.78, 5) is 17.9. The van der Waals surface area contributed by atoms with Gasteiger partial charge in [-0.1, -0.05) is 54.1 Å². The molecule has 1 amide bonds. The van der Waals surface area contributed by atoms with E-state index in [2.05, 4.69) is 51.9 Å². The molecule has 0 saturated carbocycles. The van der Waals surface area contributed by atoms with Gasteiger partial charge in [0, 0.05) is 5.70 Å². The molecule has 0 fully saturated rings. The van der Waals surface area contributed by atoms with Crippen molar-refractivity contribution in [2.75, 3.05) is 17.7 Å². The molecule has 0 bridgehead atoms. The summed E-state index contributed by atoms with van der Waals surface area (Å²) in [5.74, 6) is 1.59. The van der Waals surface area contributed by atoms with E-state index in [4.69, 9.17) is 9.47 Å². The van der Waals surface area contributed by atoms with E-state index in [1.165, 1.54) is 11.9 Å². The van der Waals surface area contributed by atoms with Gasteiger partial charge in [0.1, 0.15) is 30.5 Å². The third-order valence-electron chi connectivity index (χ3n) is 6.09. The van der Waals surface area contributed by atoms with Gasteiger partial charge in [0.2, 0.25) is 5.95 Å². The molecule has 8 nitrogen and oxygen atoms in total. The highest BCUT2D eigenvalue weighted by molar-refractivity contribution is 6.06. The zero-order valence-corrected chi connectivity index (χ0v) is 20.4. The number of ether oxygens (including phenoxy) is 2. The number of hydrogen-bond donors (Lipinski definition) is 2. The molecule has 36 heavy (non-hydrogen) atoms. The summed E-state index contributed by atoms with van der Waals surface area (Å²) in [6.07, 6.45) is 1.47. The normalized spacial score (nSPS) is 14.6. The Morgan fingerprint density at radius 3 is 2.67 bits per heavy atom. The van der Waals surface area contributed by atoms with E-state index in [9.17, 15) is 4.79 Å². The molecular formula is C28H27N5O3. The van der Waals surface area contributed by atoms with E-state index < -0.39 is 6.04 Å². The van der Waals surface area contributed by atoms with Crippen molar-refractivity contribution < 1.29 is 14.3 Å². The molecule has 0 aliphatic carbocycles. The van der Waals surface area contributed by atoms with E-state index in [1.54, 1.807) is 23.9 Å². The van der Waals surface area contributed by atoms with Crippen molar-refractivity contribution in [3.63, 3.8) is 0 Å². The van der Waals surface area contributed by atoms with Crippen molar-refractivity contribution in [1.82, 2.24) is 14.8 Å². The molecule has 182 valence electrons. The summed E-state index contributed by atoms with van der Waals surface area (Å²) in [6, 6.07) is 22.8. The third kappa shape index (κ3) is 4.65. The van der Waals surface area contributed by atoms with Gasteiger partial charge in [-0.05, 0) is 49.2 Å². The highest BCUT2D eigenvalue weighted by Gasteiger charge is 2.34. The first kappa shape index (κ1) is 23.2. The minimum Gasteiger partial charge on any atom is -0.495 e. The molecule has 1 unspecified atom stereocenters. The SMILES string of the molecule is COc1ccccc1NC(=O)C1=C(C)Nc2ncnn2C1c1cccc(OCc2ccc(C)cc2)c1. The van der Waals surface area contributed by atoms with Crippen LogP contribution in [0.4, 0.5) is 11.6 Å². The fourth-order valence-electron chi connectivity index (χ4n) is 4.26. The number of methoxy groups -OCH3 is 1. The molecule has 1 aromatic heterocycles. The first-order valence-electron chi connectivity index (χ1n) is 11.6. The molecule has 1 aliphatic heterocycles. The molecule has 1 atom stereocenters. The Balaban J connectivity index is 1.46. The number of anilines is 2. The maximum absolute atomic E-state index is 13.6. The standard InChI is InChI=1S/C28H27N5O3/c1-18-11-13-20(14-12-18)16-36-22-8-6-7-21(15-22)26-25(19(2)31-28-29-17-30-33(26)28)27(34)32-23-9-4-5-10-24(23)35-3/h4-15,17,26H,16H2,1-3H3,(H,32,34)(H,29,30,31). The predicted molar refractivity (Wildman–Crippen MR) is 138 cm³/mol. The molecule has 5 rings (SSSR count). The minimum absolute atomic E-state index is 0.262. The first-order chi connectivity index (χ1) is 17.5. The van der Waals surface area contributed by atoms with Crippen LogP contribution in [0.1, 0.15) is 29.7 Å². The van der Waals surface area contributed by atoms with Gasteiger partial charge in [-0.15, -0.1) is 0 Å². The number of allylic oxidation sites excluding steroid dienone is 1. The Hall–Kier alpha value is -4.59. The number of rotatable bonds is 7. The van der Waals surface area contributed by atoms with Gasteiger partial charge in [0.25, 0.3) is 5.91 Å². The van der Waals surface area contributed by atoms with Crippen molar-refractivity contribution in [1.29, 1.82) is 0 Å². The second kappa shape index (κ2) is 9.95. The Bertz CT molecular complexity index is 1430. The van der Waals surface area contributed by atoms with E-state index >= 15 is 0 Å². The quantitative estimate of drug-likeness (QED) is 0.382. The smallest absolute Gasteiger partial charge is 0.255 e. The lowest BCUT2D eigenvalue weighted by molar-refractivity contribution is -0.113. The Morgan fingerprint density at radius 1 is 1.06 bits per heavy atom. The van der Waals surface area contributed by atoms with E-state index in [1.807, 2.05) is 43.3 Å². The minimum atomic E-state index is -0.499. The average molecular weight is 482 g/mol. The van der Waals surface area contributed by atoms with Crippen LogP contribution in [0.3, 0.4) is 0 Å². The number of aromatic nitrogens is 3. The maximum atomic E-state index is 13.6. The monoisotopic (exact) mass is 481 g/mol. The summed E-state index contributed by atoms with van der Waals surface area (Å²) in [6.45, 7) is 4.36. The lowest BCUT2D eigenvalue weighted by atomic mass is 9.94. The highest BCUT2D eigenvalue weighted by Crippen LogP contribution is 2.37. The third-order valence-corrected chi connectivity index (χ3v) is 6.09. The van der Waals surface area contributed by atoms with Crippen molar-refractivity contribution >= 4 is 17.5 Å². The van der Waals surface area contributed by atoms with Crippen LogP contribution in [-0.2, 0) is 11.4 Å². The molecule has 0 saturated heterocycles. The molecular weight excluding hydrogens is 454 g/mol. The van der Waals surface area contributed by atoms with Crippen LogP contribution in [0.5, 0.6) is 11.5 Å². The van der Waals surface area contributed by atoms with Gasteiger partial charge in [0.15, 0.2) is 0 Å². The van der Waals surface area contributed by atoms with Crippen LogP contribution in [-0.4, -0.2) is 27.8 Å². The summed E-state index contributed by atoms with van der Waals surface area (Å²) < 4.78 is 13.2. The van der Waals surface area contributed by atoms with Crippen molar-refractivity contribution in [3.8, 4) is 11.5 Å². The number of fused-ring (bicyclic) bond motifs is 1. The fourth-order valence-corrected chi connectivity index (χ4v) is 4.26. The van der Waals surface area contributed by atoms with Crippen molar-refractivity contribution in [2.45, 2.75) is 26.5 Å². The fraction of sp³-hybridized carbons (Fsp3) is 0.179. The molecule has 3 aromatic carbocycles. The second-order valence-electron chi connectivity index (χ2n) is 8.60. The number of nitrogens with zero attached hydrogens (tertiary/aromatic N) is 3. The lowest BCUT2D eigenvalue weighted by Gasteiger charge is -2.29. The van der Waals surface area contributed by atoms with Gasteiger partial charge in [0.05, 0.1) is 18.4 Å². The van der Waals surface area contributed by atoms with Gasteiger partial charge in [-0.25, -0.2) is 4.68 Å². The lowest BCUT2D eigenvalue weighted by Crippen LogP contribution is -2.31. The van der Waals surface area contributed by atoms with Crippen LogP contribution >= 0.6 is 0 Å². The van der Waals surface area contributed by atoms with Crippen LogP contribution < -0.4 is 20.1 Å². The largest absolute Gasteiger partial charge is 0.495 e. The summed E-state index contributed by atoms with van der Waals surface area (Å²) in [5.41, 5.74) is 4.95. The van der Waals surface area contributed by atoms with Crippen molar-refractivity contribution in [2.24, 2.45) is 0 Å². The van der Waals surface area contributed by atoms with Crippen LogP contribution in [0.15, 0.2) is 90.4 Å². The predicted octanol–water partition coefficient (Wildman–Crippen LogP) is 5.10. The Kier molecular flexibility index (Phi) is 6.40. The second-order valence-corrected chi connectivity index (χ2v) is 8.60. The Morgan fingerprint density at radius 2 is 1.86 bits per heavy atom. The number of amides is 1. The number of hydrogen-bond acceptors (Lipinski definition) is 6. The Labute approximate surface area is 209 Å². The number of aryl methyl sites for hydroxylation is 1. The van der Waals surface area contributed by atoms with Crippen LogP contribution in [0.2, 0.25) is 0 Å². The summed E-state index contributed by atoms with van der Waals surface area (Å²) in [5, 5.41) is 10.6. The molecule has 2 heterocycles. The zero-order chi connectivity index (χ0) is 25.1. The summed E-state index contributed by atoms with van der Waals surface area (Å²) >= 11 is 0. The highest BCUT2D eigenvalue weighted by atomic mass is 16.5. The zero-order valence-electron chi connectivity index (χ0n) is 20.4. The van der Waals surface area contributed by atoms with Crippen molar-refractivity contribution in [3.05, 3.63) is 107 Å². The maximum Gasteiger partial charge on any atom is 0.255 e. The number of nitrogens with one attached hydrogen (secondary N) is 2. The summed E-state index contributed by atoms with van der Waals surface area (Å²) in [7, 11) is 1.57. The van der Waals surface area contributed by atoms with E-state index in [-0.39, 0.29) is 5.91 Å². The number of carbonyl (C=O) groups excluding carboxylic acids is 1. The number of benzene rings is 3. The molecule has 1 aliphatic rings. The van der Waals surface area contributed by atoms with Gasteiger partial charge >= 0.3 is 0 Å². The van der Waals surface area contributed by atoms with E-state index in [0.717, 1.165) is 11.1 Å². The van der Waals surface area contributed by atoms with Gasteiger partial charge in [-0.2, -0.15) is 10.1 Å². The topological polar surface area (TPSA) is 90.3 Å². The molecule has 8 heteroatoms. The first-order valence-corrected chi connectivity index (χ1v) is 11.6. The van der Waals surface area contributed by atoms with Gasteiger partial charge < -0.3 is 20.1 Å². The van der Waals surface area contributed by atoms with Crippen LogP contribution in [0.25, 0.3) is 0 Å². The van der Waals surface area contributed by atoms with E-state index in [0.29, 0.717) is 41.0 Å². The molecule has 0 radical (unpaired) electrons. The molecule has 0 spiro atoms. The van der Waals surface area contributed by atoms with Gasteiger partial charge in [-0.3, -0.25) is 4.79 Å². The molecule has 4 aromatic rings.